The number of rotatable bonds is 7. The van der Waals surface area contributed by atoms with Gasteiger partial charge in [-0.25, -0.2) is 0 Å². The standard InChI is InChI=1S/C14H23NO/c1-4-13(5-2)15-11-12-7-9-14(10-8-12)16-6-3/h7-10,13,15H,4-6,11H2,1-3H3. The quantitative estimate of drug-likeness (QED) is 0.762. The summed E-state index contributed by atoms with van der Waals surface area (Å²) in [7, 11) is 0. The molecule has 0 aromatic heterocycles. The van der Waals surface area contributed by atoms with Crippen LogP contribution in [0, 0.1) is 0 Å². The molecule has 0 bridgehead atoms. The normalized spacial score (nSPS) is 10.8. The van der Waals surface area contributed by atoms with Crippen LogP contribution in [0.1, 0.15) is 39.2 Å². The van der Waals surface area contributed by atoms with Gasteiger partial charge in [-0.05, 0) is 37.5 Å². The minimum atomic E-state index is 0.631. The number of nitrogens with one attached hydrogen (secondary N) is 1. The summed E-state index contributed by atoms with van der Waals surface area (Å²) in [6, 6.07) is 8.95. The molecule has 0 amide bonds. The summed E-state index contributed by atoms with van der Waals surface area (Å²) >= 11 is 0. The fraction of sp³-hybridized carbons (Fsp3) is 0.571. The molecule has 0 aliphatic carbocycles. The summed E-state index contributed by atoms with van der Waals surface area (Å²) in [6.07, 6.45) is 2.38. The van der Waals surface area contributed by atoms with Crippen molar-refractivity contribution < 1.29 is 4.74 Å². The molecule has 0 heterocycles. The van der Waals surface area contributed by atoms with Gasteiger partial charge in [0.05, 0.1) is 6.61 Å². The van der Waals surface area contributed by atoms with E-state index in [2.05, 4.69) is 31.3 Å². The monoisotopic (exact) mass is 221 g/mol. The molecule has 0 aliphatic heterocycles. The first-order valence-corrected chi connectivity index (χ1v) is 6.25. The first kappa shape index (κ1) is 13.0. The van der Waals surface area contributed by atoms with Crippen LogP contribution in [0.25, 0.3) is 0 Å². The Morgan fingerprint density at radius 1 is 1.06 bits per heavy atom. The zero-order valence-corrected chi connectivity index (χ0v) is 10.6. The summed E-state index contributed by atoms with van der Waals surface area (Å²) in [6.45, 7) is 8.12. The molecule has 2 heteroatoms. The Morgan fingerprint density at radius 3 is 2.19 bits per heavy atom. The maximum absolute atomic E-state index is 5.41. The van der Waals surface area contributed by atoms with E-state index in [0.717, 1.165) is 18.9 Å². The molecule has 0 fully saturated rings. The van der Waals surface area contributed by atoms with E-state index < -0.39 is 0 Å². The molecule has 0 radical (unpaired) electrons. The Kier molecular flexibility index (Phi) is 5.94. The molecule has 0 saturated carbocycles. The molecule has 90 valence electrons. The van der Waals surface area contributed by atoms with Crippen LogP contribution >= 0.6 is 0 Å². The van der Waals surface area contributed by atoms with E-state index in [-0.39, 0.29) is 0 Å². The Labute approximate surface area is 99.0 Å². The van der Waals surface area contributed by atoms with Crippen LogP contribution in [0.3, 0.4) is 0 Å². The number of hydrogen-bond donors (Lipinski definition) is 1. The highest BCUT2D eigenvalue weighted by Gasteiger charge is 2.02. The summed E-state index contributed by atoms with van der Waals surface area (Å²) in [5, 5.41) is 3.55. The number of hydrogen-bond acceptors (Lipinski definition) is 2. The highest BCUT2D eigenvalue weighted by atomic mass is 16.5. The van der Waals surface area contributed by atoms with E-state index >= 15 is 0 Å². The van der Waals surface area contributed by atoms with E-state index in [0.29, 0.717) is 6.04 Å². The second kappa shape index (κ2) is 7.29. The topological polar surface area (TPSA) is 21.3 Å². The van der Waals surface area contributed by atoms with Crippen molar-refractivity contribution in [2.45, 2.75) is 46.2 Å². The van der Waals surface area contributed by atoms with Crippen LogP contribution in [0.2, 0.25) is 0 Å². The number of ether oxygens (including phenoxy) is 1. The third kappa shape index (κ3) is 4.23. The van der Waals surface area contributed by atoms with Gasteiger partial charge in [0, 0.05) is 12.6 Å². The lowest BCUT2D eigenvalue weighted by Crippen LogP contribution is -2.26. The van der Waals surface area contributed by atoms with Gasteiger partial charge in [0.1, 0.15) is 5.75 Å². The van der Waals surface area contributed by atoms with Crippen LogP contribution in [-0.2, 0) is 6.54 Å². The van der Waals surface area contributed by atoms with Crippen molar-refractivity contribution in [1.29, 1.82) is 0 Å². The Morgan fingerprint density at radius 2 is 1.69 bits per heavy atom. The molecule has 0 unspecified atom stereocenters. The van der Waals surface area contributed by atoms with Crippen molar-refractivity contribution in [3.8, 4) is 5.75 Å². The average molecular weight is 221 g/mol. The lowest BCUT2D eigenvalue weighted by molar-refractivity contribution is 0.340. The Hall–Kier alpha value is -1.02. The van der Waals surface area contributed by atoms with Crippen LogP contribution in [0.15, 0.2) is 24.3 Å². The predicted molar refractivity (Wildman–Crippen MR) is 68.8 cm³/mol. The first-order chi connectivity index (χ1) is 7.80. The van der Waals surface area contributed by atoms with Gasteiger partial charge in [0.25, 0.3) is 0 Å². The van der Waals surface area contributed by atoms with Gasteiger partial charge < -0.3 is 10.1 Å². The summed E-state index contributed by atoms with van der Waals surface area (Å²) in [4.78, 5) is 0. The van der Waals surface area contributed by atoms with Gasteiger partial charge in [-0.3, -0.25) is 0 Å². The van der Waals surface area contributed by atoms with E-state index in [9.17, 15) is 0 Å². The second-order valence-corrected chi connectivity index (χ2v) is 3.97. The lowest BCUT2D eigenvalue weighted by Gasteiger charge is -2.14. The molecule has 1 N–H and O–H groups in total. The molecule has 1 aromatic rings. The molecule has 0 spiro atoms. The minimum Gasteiger partial charge on any atom is -0.494 e. The molecular weight excluding hydrogens is 198 g/mol. The Bertz CT molecular complexity index is 277. The third-order valence-electron chi connectivity index (χ3n) is 2.81. The van der Waals surface area contributed by atoms with Gasteiger partial charge in [0.2, 0.25) is 0 Å². The second-order valence-electron chi connectivity index (χ2n) is 3.97. The fourth-order valence-corrected chi connectivity index (χ4v) is 1.71. The van der Waals surface area contributed by atoms with E-state index in [1.54, 1.807) is 0 Å². The average Bonchev–Trinajstić information content (AvgIpc) is 2.33. The van der Waals surface area contributed by atoms with Crippen molar-refractivity contribution in [2.75, 3.05) is 6.61 Å². The van der Waals surface area contributed by atoms with E-state index in [1.165, 1.54) is 18.4 Å². The molecule has 0 atom stereocenters. The van der Waals surface area contributed by atoms with Crippen molar-refractivity contribution in [1.82, 2.24) is 5.32 Å². The SMILES string of the molecule is CCOc1ccc(CNC(CC)CC)cc1. The first-order valence-electron chi connectivity index (χ1n) is 6.25. The summed E-state index contributed by atoms with van der Waals surface area (Å²) in [5.74, 6) is 0.953. The van der Waals surface area contributed by atoms with Gasteiger partial charge in [-0.15, -0.1) is 0 Å². The fourth-order valence-electron chi connectivity index (χ4n) is 1.71. The highest BCUT2D eigenvalue weighted by Crippen LogP contribution is 2.12. The van der Waals surface area contributed by atoms with Crippen LogP contribution < -0.4 is 10.1 Å². The van der Waals surface area contributed by atoms with Gasteiger partial charge in [-0.2, -0.15) is 0 Å². The van der Waals surface area contributed by atoms with Crippen molar-refractivity contribution >= 4 is 0 Å². The molecule has 16 heavy (non-hydrogen) atoms. The maximum atomic E-state index is 5.41. The zero-order valence-electron chi connectivity index (χ0n) is 10.6. The van der Waals surface area contributed by atoms with Gasteiger partial charge >= 0.3 is 0 Å². The number of benzene rings is 1. The summed E-state index contributed by atoms with van der Waals surface area (Å²) in [5.41, 5.74) is 1.32. The smallest absolute Gasteiger partial charge is 0.119 e. The van der Waals surface area contributed by atoms with Crippen LogP contribution in [-0.4, -0.2) is 12.6 Å². The van der Waals surface area contributed by atoms with Gasteiger partial charge in [0.15, 0.2) is 0 Å². The molecule has 2 nitrogen and oxygen atoms in total. The van der Waals surface area contributed by atoms with Crippen molar-refractivity contribution in [3.63, 3.8) is 0 Å². The molecule has 1 rings (SSSR count). The molecule has 0 saturated heterocycles. The van der Waals surface area contributed by atoms with Crippen molar-refractivity contribution in [3.05, 3.63) is 29.8 Å². The van der Waals surface area contributed by atoms with E-state index in [1.807, 2.05) is 19.1 Å². The van der Waals surface area contributed by atoms with E-state index in [4.69, 9.17) is 4.74 Å². The van der Waals surface area contributed by atoms with Crippen LogP contribution in [0.4, 0.5) is 0 Å². The molecular formula is C14H23NO. The van der Waals surface area contributed by atoms with Crippen LogP contribution in [0.5, 0.6) is 5.75 Å². The summed E-state index contributed by atoms with van der Waals surface area (Å²) < 4.78 is 5.41. The molecule has 0 aliphatic rings. The largest absolute Gasteiger partial charge is 0.494 e. The minimum absolute atomic E-state index is 0.631. The van der Waals surface area contributed by atoms with Crippen molar-refractivity contribution in [2.24, 2.45) is 0 Å². The lowest BCUT2D eigenvalue weighted by atomic mass is 10.1. The zero-order chi connectivity index (χ0) is 11.8. The predicted octanol–water partition coefficient (Wildman–Crippen LogP) is 3.36. The molecule has 1 aromatic carbocycles. The third-order valence-corrected chi connectivity index (χ3v) is 2.81. The highest BCUT2D eigenvalue weighted by molar-refractivity contribution is 5.27. The van der Waals surface area contributed by atoms with Gasteiger partial charge in [-0.1, -0.05) is 26.0 Å². The maximum Gasteiger partial charge on any atom is 0.119 e. The Balaban J connectivity index is 2.42.